The fourth-order valence-corrected chi connectivity index (χ4v) is 6.76. The van der Waals surface area contributed by atoms with Gasteiger partial charge in [0.15, 0.2) is 5.13 Å². The average molecular weight is 588 g/mol. The van der Waals surface area contributed by atoms with Crippen LogP contribution in [0, 0.1) is 12.7 Å². The number of anilines is 2. The highest BCUT2D eigenvalue weighted by Crippen LogP contribution is 2.35. The number of amides is 1. The van der Waals surface area contributed by atoms with Crippen molar-refractivity contribution in [2.45, 2.75) is 11.8 Å². The summed E-state index contributed by atoms with van der Waals surface area (Å²) in [6, 6.07) is 14.6. The van der Waals surface area contributed by atoms with Crippen molar-refractivity contribution in [3.05, 3.63) is 82.6 Å². The van der Waals surface area contributed by atoms with Crippen LogP contribution in [0.4, 0.5) is 15.2 Å². The minimum Gasteiger partial charge on any atom is -0.351 e. The second-order valence-corrected chi connectivity index (χ2v) is 12.3. The van der Waals surface area contributed by atoms with Gasteiger partial charge in [-0.1, -0.05) is 29.0 Å². The van der Waals surface area contributed by atoms with Gasteiger partial charge >= 0.3 is 0 Å². The molecular formula is C27H27ClFN5O3S2. The molecule has 1 saturated heterocycles. The van der Waals surface area contributed by atoms with Crippen LogP contribution in [0.15, 0.2) is 65.6 Å². The zero-order valence-corrected chi connectivity index (χ0v) is 23.5. The van der Waals surface area contributed by atoms with Crippen molar-refractivity contribution in [3.8, 4) is 0 Å². The number of benzene rings is 3. The first-order valence-corrected chi connectivity index (χ1v) is 15.1. The molecule has 4 aromatic rings. The molecule has 0 unspecified atom stereocenters. The molecule has 5 rings (SSSR count). The van der Waals surface area contributed by atoms with Crippen LogP contribution >= 0.6 is 22.9 Å². The number of carbonyl (C=O) groups is 1. The summed E-state index contributed by atoms with van der Waals surface area (Å²) in [6.07, 6.45) is 0. The Morgan fingerprint density at radius 3 is 2.38 bits per heavy atom. The minimum absolute atomic E-state index is 0.0499. The molecule has 8 nitrogen and oxygen atoms in total. The summed E-state index contributed by atoms with van der Waals surface area (Å²) in [4.78, 5) is 21.9. The maximum absolute atomic E-state index is 13.1. The molecule has 1 aromatic heterocycles. The van der Waals surface area contributed by atoms with Crippen molar-refractivity contribution in [2.75, 3.05) is 48.9 Å². The number of piperazine rings is 1. The van der Waals surface area contributed by atoms with Gasteiger partial charge in [0.25, 0.3) is 15.9 Å². The Kier molecular flexibility index (Phi) is 8.03. The van der Waals surface area contributed by atoms with Crippen molar-refractivity contribution in [3.63, 3.8) is 0 Å². The van der Waals surface area contributed by atoms with Crippen LogP contribution < -0.4 is 14.9 Å². The number of halogens is 2. The van der Waals surface area contributed by atoms with E-state index in [0.29, 0.717) is 17.8 Å². The Labute approximate surface area is 235 Å². The highest BCUT2D eigenvalue weighted by atomic mass is 35.5. The van der Waals surface area contributed by atoms with E-state index in [9.17, 15) is 17.6 Å². The summed E-state index contributed by atoms with van der Waals surface area (Å²) in [5, 5.41) is 4.64. The van der Waals surface area contributed by atoms with Crippen LogP contribution in [-0.2, 0) is 10.0 Å². The standard InChI is InChI=1S/C27H27ClFN5O3S2/c1-18-2-11-23(28)25-24(18)31-27(38-25)34-16-14-33(15-17-34)13-12-30-26(35)19-3-7-21(8-4-19)32-39(36,37)22-9-5-20(29)6-10-22/h2-11,32H,12-17H2,1H3,(H,30,35). The molecule has 2 N–H and O–H groups in total. The smallest absolute Gasteiger partial charge is 0.261 e. The van der Waals surface area contributed by atoms with Crippen molar-refractivity contribution >= 4 is 59.9 Å². The zero-order valence-electron chi connectivity index (χ0n) is 21.2. The molecule has 0 saturated carbocycles. The van der Waals surface area contributed by atoms with Gasteiger partial charge in [-0.15, -0.1) is 0 Å². The third-order valence-corrected chi connectivity index (χ3v) is 9.54. The lowest BCUT2D eigenvalue weighted by atomic mass is 10.2. The van der Waals surface area contributed by atoms with E-state index in [1.165, 1.54) is 24.3 Å². The Morgan fingerprint density at radius 1 is 1.03 bits per heavy atom. The fourth-order valence-electron chi connectivity index (χ4n) is 4.34. The summed E-state index contributed by atoms with van der Waals surface area (Å²) in [5.74, 6) is -0.750. The first kappa shape index (κ1) is 27.3. The van der Waals surface area contributed by atoms with Gasteiger partial charge in [-0.25, -0.2) is 17.8 Å². The number of carbonyl (C=O) groups excluding carboxylic acids is 1. The van der Waals surface area contributed by atoms with Crippen molar-refractivity contribution in [2.24, 2.45) is 0 Å². The lowest BCUT2D eigenvalue weighted by molar-refractivity contribution is 0.0948. The van der Waals surface area contributed by atoms with Gasteiger partial charge in [0, 0.05) is 50.5 Å². The zero-order chi connectivity index (χ0) is 27.6. The first-order valence-electron chi connectivity index (χ1n) is 12.4. The lowest BCUT2D eigenvalue weighted by Crippen LogP contribution is -2.48. The molecule has 2 heterocycles. The molecule has 1 fully saturated rings. The molecule has 0 spiro atoms. The van der Waals surface area contributed by atoms with Crippen LogP contribution in [0.25, 0.3) is 10.2 Å². The van der Waals surface area contributed by atoms with Crippen LogP contribution in [0.1, 0.15) is 15.9 Å². The number of sulfonamides is 1. The molecule has 0 aliphatic carbocycles. The van der Waals surface area contributed by atoms with E-state index < -0.39 is 15.8 Å². The van der Waals surface area contributed by atoms with Crippen LogP contribution in [0.5, 0.6) is 0 Å². The van der Waals surface area contributed by atoms with E-state index in [4.69, 9.17) is 16.6 Å². The molecule has 39 heavy (non-hydrogen) atoms. The average Bonchev–Trinajstić information content (AvgIpc) is 3.39. The molecule has 3 aromatic carbocycles. The highest BCUT2D eigenvalue weighted by Gasteiger charge is 2.21. The Bertz CT molecular complexity index is 1550. The molecule has 1 amide bonds. The van der Waals surface area contributed by atoms with E-state index in [0.717, 1.165) is 70.8 Å². The van der Waals surface area contributed by atoms with Crippen molar-refractivity contribution in [1.82, 2.24) is 15.2 Å². The summed E-state index contributed by atoms with van der Waals surface area (Å²) in [5.41, 5.74) is 2.81. The fraction of sp³-hybridized carbons (Fsp3) is 0.259. The summed E-state index contributed by atoms with van der Waals surface area (Å²) in [6.45, 7) is 6.68. The number of aromatic nitrogens is 1. The van der Waals surface area contributed by atoms with Crippen molar-refractivity contribution < 1.29 is 17.6 Å². The van der Waals surface area contributed by atoms with E-state index in [-0.39, 0.29) is 10.8 Å². The molecule has 204 valence electrons. The van der Waals surface area contributed by atoms with E-state index in [1.54, 1.807) is 23.5 Å². The maximum Gasteiger partial charge on any atom is 0.261 e. The Hall–Kier alpha value is -3.25. The Morgan fingerprint density at radius 2 is 1.72 bits per heavy atom. The lowest BCUT2D eigenvalue weighted by Gasteiger charge is -2.34. The van der Waals surface area contributed by atoms with Gasteiger partial charge in [-0.2, -0.15) is 0 Å². The number of fused-ring (bicyclic) bond motifs is 1. The second kappa shape index (κ2) is 11.5. The normalized spacial score (nSPS) is 14.5. The summed E-state index contributed by atoms with van der Waals surface area (Å²) in [7, 11) is -3.86. The van der Waals surface area contributed by atoms with Crippen molar-refractivity contribution in [1.29, 1.82) is 0 Å². The molecule has 1 aliphatic heterocycles. The predicted molar refractivity (Wildman–Crippen MR) is 154 cm³/mol. The van der Waals surface area contributed by atoms with E-state index in [1.807, 2.05) is 19.1 Å². The number of rotatable bonds is 8. The van der Waals surface area contributed by atoms with Crippen LogP contribution in [0.3, 0.4) is 0 Å². The maximum atomic E-state index is 13.1. The Balaban J connectivity index is 1.08. The summed E-state index contributed by atoms with van der Waals surface area (Å²) < 4.78 is 41.5. The molecule has 12 heteroatoms. The van der Waals surface area contributed by atoms with Crippen LogP contribution in [-0.4, -0.2) is 63.5 Å². The van der Waals surface area contributed by atoms with E-state index in [2.05, 4.69) is 19.8 Å². The SMILES string of the molecule is Cc1ccc(Cl)c2sc(N3CCN(CCNC(=O)c4ccc(NS(=O)(=O)c5ccc(F)cc5)cc4)CC3)nc12. The molecule has 1 aliphatic rings. The van der Waals surface area contributed by atoms with Crippen LogP contribution in [0.2, 0.25) is 5.02 Å². The second-order valence-electron chi connectivity index (χ2n) is 9.26. The minimum atomic E-state index is -3.86. The number of hydrogen-bond donors (Lipinski definition) is 2. The molecule has 0 radical (unpaired) electrons. The highest BCUT2D eigenvalue weighted by molar-refractivity contribution is 7.92. The van der Waals surface area contributed by atoms with E-state index >= 15 is 0 Å². The molecule has 0 bridgehead atoms. The summed E-state index contributed by atoms with van der Waals surface area (Å²) >= 11 is 7.99. The number of thiazole rings is 1. The number of hydrogen-bond acceptors (Lipinski definition) is 7. The monoisotopic (exact) mass is 587 g/mol. The molecular weight excluding hydrogens is 561 g/mol. The largest absolute Gasteiger partial charge is 0.351 e. The number of nitrogens with zero attached hydrogens (tertiary/aromatic N) is 3. The van der Waals surface area contributed by atoms with Gasteiger partial charge < -0.3 is 10.2 Å². The topological polar surface area (TPSA) is 94.6 Å². The predicted octanol–water partition coefficient (Wildman–Crippen LogP) is 4.75. The van der Waals surface area contributed by atoms with Gasteiger partial charge in [-0.05, 0) is 67.1 Å². The van der Waals surface area contributed by atoms with Gasteiger partial charge in [0.05, 0.1) is 20.1 Å². The number of nitrogens with one attached hydrogen (secondary N) is 2. The number of aryl methyl sites for hydroxylation is 1. The first-order chi connectivity index (χ1) is 18.7. The third-order valence-electron chi connectivity index (χ3n) is 6.57. The van der Waals surface area contributed by atoms with Gasteiger partial charge in [0.1, 0.15) is 5.82 Å². The molecule has 0 atom stereocenters. The quantitative estimate of drug-likeness (QED) is 0.309. The van der Waals surface area contributed by atoms with Gasteiger partial charge in [-0.3, -0.25) is 14.4 Å². The third kappa shape index (κ3) is 6.33. The van der Waals surface area contributed by atoms with Gasteiger partial charge in [0.2, 0.25) is 0 Å².